The maximum absolute atomic E-state index is 13.4. The van der Waals surface area contributed by atoms with E-state index in [1.807, 2.05) is 6.92 Å². The third kappa shape index (κ3) is 2.67. The van der Waals surface area contributed by atoms with E-state index in [1.165, 1.54) is 25.5 Å². The van der Waals surface area contributed by atoms with Crippen LogP contribution in [0.2, 0.25) is 0 Å². The summed E-state index contributed by atoms with van der Waals surface area (Å²) in [7, 11) is 0. The van der Waals surface area contributed by atoms with Crippen molar-refractivity contribution in [2.45, 2.75) is 50.7 Å². The Morgan fingerprint density at radius 1 is 1.42 bits per heavy atom. The third-order valence-electron chi connectivity index (χ3n) is 4.81. The highest BCUT2D eigenvalue weighted by Crippen LogP contribution is 2.35. The lowest BCUT2D eigenvalue weighted by Crippen LogP contribution is -2.48. The molecule has 1 aromatic carbocycles. The summed E-state index contributed by atoms with van der Waals surface area (Å²) in [5, 5.41) is 10.8. The lowest BCUT2D eigenvalue weighted by molar-refractivity contribution is -0.0355. The normalized spacial score (nSPS) is 31.4. The lowest BCUT2D eigenvalue weighted by atomic mass is 9.81. The fraction of sp³-hybridized carbons (Fsp3) is 0.625. The van der Waals surface area contributed by atoms with Crippen LogP contribution in [0.15, 0.2) is 18.2 Å². The van der Waals surface area contributed by atoms with Crippen LogP contribution in [0.4, 0.5) is 4.39 Å². The van der Waals surface area contributed by atoms with Gasteiger partial charge in [0.1, 0.15) is 5.82 Å². The van der Waals surface area contributed by atoms with Gasteiger partial charge < -0.3 is 10.0 Å². The zero-order chi connectivity index (χ0) is 13.5. The highest BCUT2D eigenvalue weighted by molar-refractivity contribution is 5.28. The molecule has 0 aromatic heterocycles. The summed E-state index contributed by atoms with van der Waals surface area (Å²) < 4.78 is 13.4. The fourth-order valence-electron chi connectivity index (χ4n) is 3.66. The number of aryl methyl sites for hydroxylation is 1. The predicted octanol–water partition coefficient (Wildman–Crippen LogP) is 2.67. The second-order valence-electron chi connectivity index (χ2n) is 6.26. The first-order valence-corrected chi connectivity index (χ1v) is 7.27. The minimum atomic E-state index is -0.649. The highest BCUT2D eigenvalue weighted by Gasteiger charge is 2.40. The molecule has 2 fully saturated rings. The molecule has 1 N–H and O–H groups in total. The van der Waals surface area contributed by atoms with Crippen molar-refractivity contribution in [3.05, 3.63) is 35.1 Å². The van der Waals surface area contributed by atoms with Crippen LogP contribution in [0.5, 0.6) is 0 Å². The molecule has 2 unspecified atom stereocenters. The van der Waals surface area contributed by atoms with E-state index in [0.717, 1.165) is 30.5 Å². The van der Waals surface area contributed by atoms with Crippen molar-refractivity contribution >= 4 is 0 Å². The Hall–Kier alpha value is -0.930. The molecule has 3 rings (SSSR count). The second kappa shape index (κ2) is 4.88. The zero-order valence-electron chi connectivity index (χ0n) is 11.5. The molecule has 2 heterocycles. The first-order valence-electron chi connectivity index (χ1n) is 7.27. The zero-order valence-corrected chi connectivity index (χ0v) is 11.5. The molecule has 0 aliphatic carbocycles. The third-order valence-corrected chi connectivity index (χ3v) is 4.81. The number of benzene rings is 1. The van der Waals surface area contributed by atoms with Gasteiger partial charge in [-0.15, -0.1) is 0 Å². The van der Waals surface area contributed by atoms with Crippen molar-refractivity contribution in [3.63, 3.8) is 0 Å². The molecule has 2 saturated heterocycles. The van der Waals surface area contributed by atoms with Gasteiger partial charge in [-0.1, -0.05) is 6.07 Å². The van der Waals surface area contributed by atoms with Crippen molar-refractivity contribution in [2.75, 3.05) is 13.1 Å². The molecule has 0 saturated carbocycles. The summed E-state index contributed by atoms with van der Waals surface area (Å²) in [4.78, 5) is 2.49. The van der Waals surface area contributed by atoms with E-state index in [2.05, 4.69) is 4.90 Å². The van der Waals surface area contributed by atoms with E-state index in [-0.39, 0.29) is 5.82 Å². The first kappa shape index (κ1) is 13.1. The summed E-state index contributed by atoms with van der Waals surface area (Å²) in [6.07, 6.45) is 4.67. The van der Waals surface area contributed by atoms with Gasteiger partial charge in [-0.3, -0.25) is 0 Å². The quantitative estimate of drug-likeness (QED) is 0.886. The summed E-state index contributed by atoms with van der Waals surface area (Å²) in [6.45, 7) is 4.15. The van der Waals surface area contributed by atoms with Crippen LogP contribution in [-0.2, 0) is 6.42 Å². The number of nitrogens with zero attached hydrogens (tertiary/aromatic N) is 1. The highest BCUT2D eigenvalue weighted by atomic mass is 19.1. The van der Waals surface area contributed by atoms with Crippen molar-refractivity contribution in [1.82, 2.24) is 4.90 Å². The Kier molecular flexibility index (Phi) is 3.35. The second-order valence-corrected chi connectivity index (χ2v) is 6.26. The maximum atomic E-state index is 13.4. The largest absolute Gasteiger partial charge is 0.389 e. The number of rotatable bonds is 2. The van der Waals surface area contributed by atoms with Crippen LogP contribution in [0.1, 0.15) is 36.8 Å². The standard InChI is InChI=1S/C16H22FNO/c1-12-4-5-14(17)9-13(12)10-16(19)6-8-18-7-2-3-15(18)11-16/h4-5,9,15,19H,2-3,6-8,10-11H2,1H3. The molecule has 2 aliphatic heterocycles. The van der Waals surface area contributed by atoms with Crippen molar-refractivity contribution in [3.8, 4) is 0 Å². The Morgan fingerprint density at radius 3 is 3.11 bits per heavy atom. The van der Waals surface area contributed by atoms with Crippen LogP contribution in [0.3, 0.4) is 0 Å². The van der Waals surface area contributed by atoms with Crippen LogP contribution in [0.25, 0.3) is 0 Å². The van der Waals surface area contributed by atoms with E-state index in [0.29, 0.717) is 12.5 Å². The van der Waals surface area contributed by atoms with Gasteiger partial charge in [-0.2, -0.15) is 0 Å². The van der Waals surface area contributed by atoms with Crippen molar-refractivity contribution in [2.24, 2.45) is 0 Å². The minimum absolute atomic E-state index is 0.206. The Bertz CT molecular complexity index is 476. The van der Waals surface area contributed by atoms with Crippen molar-refractivity contribution in [1.29, 1.82) is 0 Å². The first-order chi connectivity index (χ1) is 9.06. The molecule has 1 aromatic rings. The molecule has 0 radical (unpaired) electrons. The molecule has 0 amide bonds. The lowest BCUT2D eigenvalue weighted by Gasteiger charge is -2.41. The van der Waals surface area contributed by atoms with E-state index in [4.69, 9.17) is 0 Å². The average Bonchev–Trinajstić information content (AvgIpc) is 2.80. The molecule has 19 heavy (non-hydrogen) atoms. The molecule has 0 bridgehead atoms. The summed E-state index contributed by atoms with van der Waals surface area (Å²) in [5.74, 6) is -0.206. The number of fused-ring (bicyclic) bond motifs is 1. The summed E-state index contributed by atoms with van der Waals surface area (Å²) in [5.41, 5.74) is 1.38. The van der Waals surface area contributed by atoms with Gasteiger partial charge >= 0.3 is 0 Å². The van der Waals surface area contributed by atoms with E-state index in [1.54, 1.807) is 12.1 Å². The van der Waals surface area contributed by atoms with Gasteiger partial charge in [0, 0.05) is 19.0 Å². The molecule has 2 aliphatic rings. The Balaban J connectivity index is 1.76. The number of piperidine rings is 1. The summed E-state index contributed by atoms with van der Waals surface area (Å²) in [6, 6.07) is 5.41. The predicted molar refractivity (Wildman–Crippen MR) is 73.6 cm³/mol. The maximum Gasteiger partial charge on any atom is 0.123 e. The monoisotopic (exact) mass is 263 g/mol. The molecular weight excluding hydrogens is 241 g/mol. The Morgan fingerprint density at radius 2 is 2.26 bits per heavy atom. The SMILES string of the molecule is Cc1ccc(F)cc1CC1(O)CCN2CCCC2C1. The molecule has 104 valence electrons. The van der Waals surface area contributed by atoms with E-state index >= 15 is 0 Å². The smallest absolute Gasteiger partial charge is 0.123 e. The number of halogens is 1. The topological polar surface area (TPSA) is 23.5 Å². The van der Waals surface area contributed by atoms with Crippen molar-refractivity contribution < 1.29 is 9.50 Å². The van der Waals surface area contributed by atoms with E-state index < -0.39 is 5.60 Å². The van der Waals surface area contributed by atoms with Gasteiger partial charge in [-0.05, 0) is 62.4 Å². The molecule has 2 nitrogen and oxygen atoms in total. The minimum Gasteiger partial charge on any atom is -0.389 e. The number of hydrogen-bond acceptors (Lipinski definition) is 2. The van der Waals surface area contributed by atoms with E-state index in [9.17, 15) is 9.50 Å². The number of aliphatic hydroxyl groups is 1. The molecular formula is C16H22FNO. The average molecular weight is 263 g/mol. The molecule has 0 spiro atoms. The fourth-order valence-corrected chi connectivity index (χ4v) is 3.66. The van der Waals surface area contributed by atoms with Gasteiger partial charge in [0.05, 0.1) is 5.60 Å². The van der Waals surface area contributed by atoms with Crippen LogP contribution in [-0.4, -0.2) is 34.7 Å². The van der Waals surface area contributed by atoms with Gasteiger partial charge in [0.25, 0.3) is 0 Å². The Labute approximate surface area is 114 Å². The van der Waals surface area contributed by atoms with Gasteiger partial charge in [0.15, 0.2) is 0 Å². The number of hydrogen-bond donors (Lipinski definition) is 1. The van der Waals surface area contributed by atoms with Crippen LogP contribution < -0.4 is 0 Å². The van der Waals surface area contributed by atoms with Gasteiger partial charge in [0.2, 0.25) is 0 Å². The summed E-state index contributed by atoms with van der Waals surface area (Å²) >= 11 is 0. The molecule has 2 atom stereocenters. The molecule has 3 heteroatoms. The van der Waals surface area contributed by atoms with Gasteiger partial charge in [-0.25, -0.2) is 4.39 Å². The van der Waals surface area contributed by atoms with Crippen LogP contribution in [0, 0.1) is 12.7 Å². The van der Waals surface area contributed by atoms with Crippen LogP contribution >= 0.6 is 0 Å².